The second-order valence-corrected chi connectivity index (χ2v) is 3.70. The van der Waals surface area contributed by atoms with Crippen molar-refractivity contribution in [1.82, 2.24) is 0 Å². The zero-order valence-electron chi connectivity index (χ0n) is 9.23. The predicted octanol–water partition coefficient (Wildman–Crippen LogP) is 2.04. The number of para-hydroxylation sites is 1. The molecule has 0 spiro atoms. The maximum absolute atomic E-state index is 11.6. The number of hydrogen-bond donors (Lipinski definition) is 1. The van der Waals surface area contributed by atoms with E-state index in [-0.39, 0.29) is 11.9 Å². The second kappa shape index (κ2) is 4.94. The molecule has 0 saturated carbocycles. The monoisotopic (exact) mass is 208 g/mol. The largest absolute Gasteiger partial charge is 0.490 e. The average Bonchev–Trinajstić information content (AvgIpc) is 2.16. The second-order valence-electron chi connectivity index (χ2n) is 3.70. The molecule has 0 saturated heterocycles. The molecule has 1 atom stereocenters. The van der Waals surface area contributed by atoms with Crippen LogP contribution < -0.4 is 4.74 Å². The molecule has 0 aromatic heterocycles. The number of Topliss-reactive ketones (excluding diaryl/α,β-unsaturated/α-hetero) is 1. The van der Waals surface area contributed by atoms with Gasteiger partial charge in [-0.3, -0.25) is 4.79 Å². The van der Waals surface area contributed by atoms with Crippen molar-refractivity contribution in [3.8, 4) is 5.75 Å². The Bertz CT molecular complexity index is 342. The molecule has 1 unspecified atom stereocenters. The maximum Gasteiger partial charge on any atom is 0.194 e. The van der Waals surface area contributed by atoms with Crippen LogP contribution in [-0.2, 0) is 0 Å². The number of aliphatic hydroxyl groups excluding tert-OH is 1. The van der Waals surface area contributed by atoms with Gasteiger partial charge in [-0.1, -0.05) is 12.1 Å². The molecule has 0 radical (unpaired) electrons. The highest BCUT2D eigenvalue weighted by Gasteiger charge is 2.16. The smallest absolute Gasteiger partial charge is 0.194 e. The normalized spacial score (nSPS) is 12.6. The lowest BCUT2D eigenvalue weighted by atomic mass is 10.1. The topological polar surface area (TPSA) is 46.5 Å². The number of ketones is 1. The van der Waals surface area contributed by atoms with E-state index in [4.69, 9.17) is 4.74 Å². The molecule has 0 bridgehead atoms. The molecule has 0 amide bonds. The summed E-state index contributed by atoms with van der Waals surface area (Å²) in [4.78, 5) is 11.6. The van der Waals surface area contributed by atoms with Crippen LogP contribution in [0, 0.1) is 0 Å². The van der Waals surface area contributed by atoms with E-state index < -0.39 is 6.10 Å². The number of rotatable bonds is 4. The van der Waals surface area contributed by atoms with Gasteiger partial charge in [-0.05, 0) is 32.9 Å². The molecular formula is C12H16O3. The van der Waals surface area contributed by atoms with Crippen molar-refractivity contribution in [3.05, 3.63) is 29.8 Å². The molecule has 0 fully saturated rings. The zero-order valence-corrected chi connectivity index (χ0v) is 9.23. The maximum atomic E-state index is 11.6. The molecule has 0 aliphatic rings. The van der Waals surface area contributed by atoms with Crippen molar-refractivity contribution >= 4 is 5.78 Å². The summed E-state index contributed by atoms with van der Waals surface area (Å²) in [5.41, 5.74) is 0.432. The lowest BCUT2D eigenvalue weighted by Gasteiger charge is -2.14. The fraction of sp³-hybridized carbons (Fsp3) is 0.417. The first-order valence-corrected chi connectivity index (χ1v) is 5.00. The van der Waals surface area contributed by atoms with E-state index >= 15 is 0 Å². The van der Waals surface area contributed by atoms with Gasteiger partial charge in [0.05, 0.1) is 11.7 Å². The highest BCUT2D eigenvalue weighted by Crippen LogP contribution is 2.20. The Morgan fingerprint density at radius 2 is 1.87 bits per heavy atom. The lowest BCUT2D eigenvalue weighted by molar-refractivity contribution is 0.0773. The zero-order chi connectivity index (χ0) is 11.4. The summed E-state index contributed by atoms with van der Waals surface area (Å²) in [6.07, 6.45) is -0.991. The summed E-state index contributed by atoms with van der Waals surface area (Å²) in [7, 11) is 0. The minimum atomic E-state index is -0.998. The Hall–Kier alpha value is -1.35. The lowest BCUT2D eigenvalue weighted by Crippen LogP contribution is -2.18. The van der Waals surface area contributed by atoms with Crippen LogP contribution in [0.1, 0.15) is 31.1 Å². The molecule has 0 aliphatic carbocycles. The molecule has 3 nitrogen and oxygen atoms in total. The van der Waals surface area contributed by atoms with Gasteiger partial charge >= 0.3 is 0 Å². The Morgan fingerprint density at radius 1 is 1.27 bits per heavy atom. The molecule has 3 heteroatoms. The van der Waals surface area contributed by atoms with Crippen LogP contribution in [-0.4, -0.2) is 23.1 Å². The van der Waals surface area contributed by atoms with Crippen LogP contribution in [0.25, 0.3) is 0 Å². The van der Waals surface area contributed by atoms with Crippen molar-refractivity contribution < 1.29 is 14.6 Å². The van der Waals surface area contributed by atoms with Crippen molar-refractivity contribution in [1.29, 1.82) is 0 Å². The van der Waals surface area contributed by atoms with Gasteiger partial charge in [0.1, 0.15) is 11.9 Å². The van der Waals surface area contributed by atoms with Gasteiger partial charge in [0.15, 0.2) is 5.78 Å². The Balaban J connectivity index is 3.01. The van der Waals surface area contributed by atoms with E-state index in [9.17, 15) is 9.90 Å². The first kappa shape index (κ1) is 11.7. The van der Waals surface area contributed by atoms with E-state index in [1.54, 1.807) is 24.3 Å². The Kier molecular flexibility index (Phi) is 3.86. The van der Waals surface area contributed by atoms with Gasteiger partial charge in [0.25, 0.3) is 0 Å². The van der Waals surface area contributed by atoms with E-state index in [0.29, 0.717) is 11.3 Å². The number of benzene rings is 1. The number of carbonyl (C=O) groups excluding carboxylic acids is 1. The minimum Gasteiger partial charge on any atom is -0.490 e. The summed E-state index contributed by atoms with van der Waals surface area (Å²) in [5, 5.41) is 9.23. The summed E-state index contributed by atoms with van der Waals surface area (Å²) >= 11 is 0. The van der Waals surface area contributed by atoms with Crippen LogP contribution in [0.4, 0.5) is 0 Å². The van der Waals surface area contributed by atoms with E-state index in [1.165, 1.54) is 6.92 Å². The molecule has 1 aromatic carbocycles. The fourth-order valence-electron chi connectivity index (χ4n) is 1.25. The van der Waals surface area contributed by atoms with E-state index in [0.717, 1.165) is 0 Å². The average molecular weight is 208 g/mol. The van der Waals surface area contributed by atoms with Gasteiger partial charge in [-0.15, -0.1) is 0 Å². The van der Waals surface area contributed by atoms with E-state index in [1.807, 2.05) is 13.8 Å². The van der Waals surface area contributed by atoms with Gasteiger partial charge in [-0.2, -0.15) is 0 Å². The molecule has 15 heavy (non-hydrogen) atoms. The number of hydrogen-bond acceptors (Lipinski definition) is 3. The molecule has 0 aliphatic heterocycles. The third kappa shape index (κ3) is 3.06. The Morgan fingerprint density at radius 3 is 2.40 bits per heavy atom. The van der Waals surface area contributed by atoms with Crippen LogP contribution in [0.3, 0.4) is 0 Å². The third-order valence-electron chi connectivity index (χ3n) is 1.89. The van der Waals surface area contributed by atoms with Gasteiger partial charge in [0, 0.05) is 0 Å². The highest BCUT2D eigenvalue weighted by atomic mass is 16.5. The molecular weight excluding hydrogens is 192 g/mol. The quantitative estimate of drug-likeness (QED) is 0.770. The van der Waals surface area contributed by atoms with Crippen molar-refractivity contribution in [3.63, 3.8) is 0 Å². The van der Waals surface area contributed by atoms with Crippen LogP contribution in [0.5, 0.6) is 5.75 Å². The van der Waals surface area contributed by atoms with Gasteiger partial charge < -0.3 is 9.84 Å². The van der Waals surface area contributed by atoms with Crippen LogP contribution in [0.2, 0.25) is 0 Å². The molecule has 82 valence electrons. The minimum absolute atomic E-state index is 0.00736. The highest BCUT2D eigenvalue weighted by molar-refractivity contribution is 6.01. The predicted molar refractivity (Wildman–Crippen MR) is 58.2 cm³/mol. The summed E-state index contributed by atoms with van der Waals surface area (Å²) in [5.74, 6) is 0.213. The molecule has 1 aromatic rings. The molecule has 0 heterocycles. The first-order valence-electron chi connectivity index (χ1n) is 5.00. The number of carbonyl (C=O) groups is 1. The number of aliphatic hydroxyl groups is 1. The van der Waals surface area contributed by atoms with Crippen molar-refractivity contribution in [2.24, 2.45) is 0 Å². The number of ether oxygens (including phenoxy) is 1. The standard InChI is InChI=1S/C12H16O3/c1-8(2)15-11-7-5-4-6-10(11)12(14)9(3)13/h4-9,13H,1-3H3. The van der Waals surface area contributed by atoms with E-state index in [2.05, 4.69) is 0 Å². The summed E-state index contributed by atoms with van der Waals surface area (Å²) < 4.78 is 5.48. The molecule has 1 N–H and O–H groups in total. The Labute approximate surface area is 89.7 Å². The van der Waals surface area contributed by atoms with Gasteiger partial charge in [-0.25, -0.2) is 0 Å². The van der Waals surface area contributed by atoms with Crippen LogP contribution >= 0.6 is 0 Å². The third-order valence-corrected chi connectivity index (χ3v) is 1.89. The van der Waals surface area contributed by atoms with Crippen molar-refractivity contribution in [2.75, 3.05) is 0 Å². The SMILES string of the molecule is CC(C)Oc1ccccc1C(=O)C(C)O. The van der Waals surface area contributed by atoms with Crippen LogP contribution in [0.15, 0.2) is 24.3 Å². The fourth-order valence-corrected chi connectivity index (χ4v) is 1.25. The summed E-state index contributed by atoms with van der Waals surface area (Å²) in [6, 6.07) is 6.95. The van der Waals surface area contributed by atoms with Crippen molar-refractivity contribution in [2.45, 2.75) is 33.0 Å². The van der Waals surface area contributed by atoms with Gasteiger partial charge in [0.2, 0.25) is 0 Å². The molecule has 1 rings (SSSR count). The summed E-state index contributed by atoms with van der Waals surface area (Å²) in [6.45, 7) is 5.24. The first-order chi connectivity index (χ1) is 7.02.